The third-order valence-corrected chi connectivity index (χ3v) is 5.31. The van der Waals surface area contributed by atoms with Crippen LogP contribution in [0.3, 0.4) is 0 Å². The lowest BCUT2D eigenvalue weighted by Crippen LogP contribution is -2.18. The maximum absolute atomic E-state index is 13.8. The van der Waals surface area contributed by atoms with E-state index in [9.17, 15) is 4.39 Å². The molecule has 0 saturated heterocycles. The molecular weight excluding hydrogens is 317 g/mol. The van der Waals surface area contributed by atoms with Crippen LogP contribution in [0.1, 0.15) is 29.2 Å². The molecule has 1 aromatic carbocycles. The standard InChI is InChI=1S/C16H16FN3S2/c1-10(18-7-15-11(2)19-9-22-15)14-8-21-16(20-14)12-5-3-4-6-13(12)17/h3-6,8-10,18H,7H2,1-2H3. The molecule has 0 radical (unpaired) electrons. The molecule has 0 spiro atoms. The number of thiazole rings is 2. The van der Waals surface area contributed by atoms with E-state index in [1.165, 1.54) is 22.3 Å². The van der Waals surface area contributed by atoms with Gasteiger partial charge in [0.05, 0.1) is 16.9 Å². The Balaban J connectivity index is 1.71. The first kappa shape index (κ1) is 15.3. The number of rotatable bonds is 5. The van der Waals surface area contributed by atoms with Crippen LogP contribution in [0.2, 0.25) is 0 Å². The molecule has 114 valence electrons. The zero-order valence-corrected chi connectivity index (χ0v) is 14.0. The number of nitrogens with one attached hydrogen (secondary N) is 1. The van der Waals surface area contributed by atoms with E-state index >= 15 is 0 Å². The molecule has 3 nitrogen and oxygen atoms in total. The van der Waals surface area contributed by atoms with Gasteiger partial charge in [0.15, 0.2) is 0 Å². The largest absolute Gasteiger partial charge is 0.304 e. The SMILES string of the molecule is Cc1ncsc1CNC(C)c1csc(-c2ccccc2F)n1. The summed E-state index contributed by atoms with van der Waals surface area (Å²) in [7, 11) is 0. The van der Waals surface area contributed by atoms with E-state index in [1.54, 1.807) is 23.5 Å². The highest BCUT2D eigenvalue weighted by molar-refractivity contribution is 7.13. The number of halogens is 1. The van der Waals surface area contributed by atoms with Gasteiger partial charge in [-0.25, -0.2) is 14.4 Å². The van der Waals surface area contributed by atoms with Gasteiger partial charge in [-0.3, -0.25) is 0 Å². The van der Waals surface area contributed by atoms with Crippen LogP contribution in [0, 0.1) is 12.7 Å². The van der Waals surface area contributed by atoms with Crippen LogP contribution in [-0.4, -0.2) is 9.97 Å². The van der Waals surface area contributed by atoms with Crippen LogP contribution in [0.15, 0.2) is 35.2 Å². The number of nitrogens with zero attached hydrogens (tertiary/aromatic N) is 2. The van der Waals surface area contributed by atoms with E-state index in [2.05, 4.69) is 22.2 Å². The zero-order chi connectivity index (χ0) is 15.5. The van der Waals surface area contributed by atoms with Gasteiger partial charge in [-0.05, 0) is 26.0 Å². The first-order chi connectivity index (χ1) is 10.6. The summed E-state index contributed by atoms with van der Waals surface area (Å²) >= 11 is 3.12. The summed E-state index contributed by atoms with van der Waals surface area (Å²) in [5, 5.41) is 6.15. The lowest BCUT2D eigenvalue weighted by atomic mass is 10.2. The van der Waals surface area contributed by atoms with Gasteiger partial charge in [-0.1, -0.05) is 12.1 Å². The van der Waals surface area contributed by atoms with Gasteiger partial charge in [0.25, 0.3) is 0 Å². The van der Waals surface area contributed by atoms with Crippen molar-refractivity contribution < 1.29 is 4.39 Å². The van der Waals surface area contributed by atoms with Crippen molar-refractivity contribution in [3.8, 4) is 10.6 Å². The number of aromatic nitrogens is 2. The van der Waals surface area contributed by atoms with Gasteiger partial charge in [0.2, 0.25) is 0 Å². The molecule has 1 atom stereocenters. The molecule has 0 saturated carbocycles. The van der Waals surface area contributed by atoms with Crippen LogP contribution in [-0.2, 0) is 6.54 Å². The molecular formula is C16H16FN3S2. The highest BCUT2D eigenvalue weighted by Crippen LogP contribution is 2.28. The Morgan fingerprint density at radius 2 is 2.09 bits per heavy atom. The van der Waals surface area contributed by atoms with Crippen LogP contribution < -0.4 is 5.32 Å². The van der Waals surface area contributed by atoms with Crippen molar-refractivity contribution in [2.75, 3.05) is 0 Å². The lowest BCUT2D eigenvalue weighted by molar-refractivity contribution is 0.566. The number of benzene rings is 1. The number of hydrogen-bond acceptors (Lipinski definition) is 5. The minimum Gasteiger partial charge on any atom is -0.304 e. The normalized spacial score (nSPS) is 12.5. The predicted octanol–water partition coefficient (Wildman–Crippen LogP) is 4.56. The molecule has 0 fully saturated rings. The molecule has 1 unspecified atom stereocenters. The number of hydrogen-bond donors (Lipinski definition) is 1. The van der Waals surface area contributed by atoms with Crippen LogP contribution >= 0.6 is 22.7 Å². The average Bonchev–Trinajstić information content (AvgIpc) is 3.14. The highest BCUT2D eigenvalue weighted by Gasteiger charge is 2.13. The monoisotopic (exact) mass is 333 g/mol. The molecule has 1 N–H and O–H groups in total. The van der Waals surface area contributed by atoms with Gasteiger partial charge in [-0.2, -0.15) is 0 Å². The first-order valence-corrected chi connectivity index (χ1v) is 8.73. The van der Waals surface area contributed by atoms with E-state index in [0.717, 1.165) is 22.9 Å². The van der Waals surface area contributed by atoms with Gasteiger partial charge >= 0.3 is 0 Å². The Bertz CT molecular complexity index is 766. The van der Waals surface area contributed by atoms with Crippen LogP contribution in [0.25, 0.3) is 10.6 Å². The third-order valence-electron chi connectivity index (χ3n) is 3.48. The molecule has 22 heavy (non-hydrogen) atoms. The highest BCUT2D eigenvalue weighted by atomic mass is 32.1. The molecule has 2 heterocycles. The van der Waals surface area contributed by atoms with Crippen molar-refractivity contribution in [2.45, 2.75) is 26.4 Å². The summed E-state index contributed by atoms with van der Waals surface area (Å²) in [6.45, 7) is 4.85. The Labute approximate surface area is 136 Å². The molecule has 0 amide bonds. The van der Waals surface area contributed by atoms with Crippen LogP contribution in [0.5, 0.6) is 0 Å². The molecule has 0 bridgehead atoms. The Hall–Kier alpha value is -1.63. The van der Waals surface area contributed by atoms with E-state index < -0.39 is 0 Å². The zero-order valence-electron chi connectivity index (χ0n) is 12.3. The number of aryl methyl sites for hydroxylation is 1. The van der Waals surface area contributed by atoms with E-state index in [-0.39, 0.29) is 11.9 Å². The summed E-state index contributed by atoms with van der Waals surface area (Å²) in [6.07, 6.45) is 0. The fraction of sp³-hybridized carbons (Fsp3) is 0.250. The molecule has 0 aliphatic carbocycles. The Morgan fingerprint density at radius 1 is 1.27 bits per heavy atom. The Morgan fingerprint density at radius 3 is 2.82 bits per heavy atom. The topological polar surface area (TPSA) is 37.8 Å². The molecule has 2 aromatic heterocycles. The molecule has 3 aromatic rings. The van der Waals surface area contributed by atoms with Gasteiger partial charge in [-0.15, -0.1) is 22.7 Å². The van der Waals surface area contributed by atoms with Crippen molar-refractivity contribution in [2.24, 2.45) is 0 Å². The summed E-state index contributed by atoms with van der Waals surface area (Å²) in [5.41, 5.74) is 4.42. The van der Waals surface area contributed by atoms with Crippen molar-refractivity contribution in [1.29, 1.82) is 0 Å². The van der Waals surface area contributed by atoms with Crippen LogP contribution in [0.4, 0.5) is 4.39 Å². The maximum atomic E-state index is 13.8. The second kappa shape index (κ2) is 6.64. The van der Waals surface area contributed by atoms with Crippen molar-refractivity contribution in [3.63, 3.8) is 0 Å². The lowest BCUT2D eigenvalue weighted by Gasteiger charge is -2.10. The Kier molecular flexibility index (Phi) is 4.61. The summed E-state index contributed by atoms with van der Waals surface area (Å²) in [4.78, 5) is 10.0. The third kappa shape index (κ3) is 3.24. The minimum atomic E-state index is -0.232. The minimum absolute atomic E-state index is 0.110. The van der Waals surface area contributed by atoms with Crippen molar-refractivity contribution >= 4 is 22.7 Å². The van der Waals surface area contributed by atoms with E-state index in [4.69, 9.17) is 0 Å². The quantitative estimate of drug-likeness (QED) is 0.743. The molecule has 0 aliphatic heterocycles. The maximum Gasteiger partial charge on any atom is 0.133 e. The smallest absolute Gasteiger partial charge is 0.133 e. The predicted molar refractivity (Wildman–Crippen MR) is 89.6 cm³/mol. The first-order valence-electron chi connectivity index (χ1n) is 6.98. The van der Waals surface area contributed by atoms with Crippen molar-refractivity contribution in [3.05, 3.63) is 57.2 Å². The average molecular weight is 333 g/mol. The molecule has 6 heteroatoms. The summed E-state index contributed by atoms with van der Waals surface area (Å²) in [5.74, 6) is -0.232. The molecule has 0 aliphatic rings. The molecule has 3 rings (SSSR count). The summed E-state index contributed by atoms with van der Waals surface area (Å²) < 4.78 is 13.8. The van der Waals surface area contributed by atoms with Gasteiger partial charge < -0.3 is 5.32 Å². The van der Waals surface area contributed by atoms with E-state index in [1.807, 2.05) is 23.9 Å². The van der Waals surface area contributed by atoms with Crippen molar-refractivity contribution in [1.82, 2.24) is 15.3 Å². The second-order valence-electron chi connectivity index (χ2n) is 5.02. The fourth-order valence-corrected chi connectivity index (χ4v) is 3.76. The fourth-order valence-electron chi connectivity index (χ4n) is 2.09. The summed E-state index contributed by atoms with van der Waals surface area (Å²) in [6, 6.07) is 6.85. The van der Waals surface area contributed by atoms with E-state index in [0.29, 0.717) is 5.56 Å². The van der Waals surface area contributed by atoms with Gasteiger partial charge in [0.1, 0.15) is 10.8 Å². The second-order valence-corrected chi connectivity index (χ2v) is 6.82. The van der Waals surface area contributed by atoms with Gasteiger partial charge in [0, 0.05) is 28.4 Å².